The minimum Gasteiger partial charge on any atom is -0.508 e. The lowest BCUT2D eigenvalue weighted by atomic mass is 9.59. The normalized spacial score (nSPS) is 26.8. The van der Waals surface area contributed by atoms with Crippen molar-refractivity contribution in [3.8, 4) is 11.6 Å². The molecule has 1 aromatic heterocycles. The number of amides is 1. The summed E-state index contributed by atoms with van der Waals surface area (Å²) in [4.78, 5) is 48.5. The van der Waals surface area contributed by atoms with Crippen molar-refractivity contribution in [3.63, 3.8) is 0 Å². The predicted molar refractivity (Wildman–Crippen MR) is 222 cm³/mol. The van der Waals surface area contributed by atoms with E-state index in [-0.39, 0.29) is 89.9 Å². The number of hydrogen-bond donors (Lipinski definition) is 2. The van der Waals surface area contributed by atoms with Crippen LogP contribution in [0.15, 0.2) is 15.9 Å². The third-order valence-corrected chi connectivity index (χ3v) is 18.0. The third-order valence-electron chi connectivity index (χ3n) is 13.6. The Bertz CT molecular complexity index is 2070. The monoisotopic (exact) mass is 838 g/mol. The molecule has 0 bridgehead atoms. The summed E-state index contributed by atoms with van der Waals surface area (Å²) >= 11 is 0. The Morgan fingerprint density at radius 1 is 1.07 bits per heavy atom. The number of carbonyl (C=O) groups is 3. The molecule has 1 amide bonds. The van der Waals surface area contributed by atoms with Crippen LogP contribution in [0.5, 0.6) is 11.6 Å². The second-order valence-electron chi connectivity index (χ2n) is 19.7. The number of unbranched alkanes of at least 4 members (excludes halogenated alkanes) is 2. The number of benzene rings is 1. The molecule has 7 rings (SSSR count). The van der Waals surface area contributed by atoms with E-state index in [2.05, 4.69) is 10.1 Å². The van der Waals surface area contributed by atoms with Gasteiger partial charge in [-0.25, -0.2) is 9.18 Å². The van der Waals surface area contributed by atoms with E-state index in [0.717, 1.165) is 19.3 Å². The van der Waals surface area contributed by atoms with Crippen LogP contribution >= 0.6 is 0 Å². The van der Waals surface area contributed by atoms with Gasteiger partial charge in [0.15, 0.2) is 31.2 Å². The van der Waals surface area contributed by atoms with Crippen LogP contribution in [0.2, 0.25) is 18.1 Å². The summed E-state index contributed by atoms with van der Waals surface area (Å²) in [5, 5.41) is 16.6. The van der Waals surface area contributed by atoms with E-state index in [9.17, 15) is 9.90 Å². The number of halogens is 1. The van der Waals surface area contributed by atoms with Gasteiger partial charge in [0.1, 0.15) is 22.7 Å². The number of allylic oxidation sites excluding steroid dienone is 1. The van der Waals surface area contributed by atoms with Crippen LogP contribution in [0.1, 0.15) is 144 Å². The van der Waals surface area contributed by atoms with Gasteiger partial charge < -0.3 is 34.0 Å². The maximum absolute atomic E-state index is 17.8. The smallest absolute Gasteiger partial charge is 0.414 e. The number of aromatic nitrogens is 1. The molecule has 0 radical (unpaired) electrons. The molecule has 15 heteroatoms. The molecule has 5 aliphatic rings. The molecular formula is C44H63FN4O9Si. The standard InChI is InChI=1S/C44H63FN4O9Si/c1-12-14-18-54-37-28-25(31(45)29-33-23(16-17-48(33)9)22-49(34(29)37)41(53)56-42(3,4)5)20-24-21-26-32(46)36-30(40(47-57-36)55-19-15-13-2)39(52)44(26,38(51)27(24)35(28)50)58-59(10,11)43(6,7)8/h23-24,26,32-33,51H,12-22,46H2,1-11H3/t23?,24-,26-,32-,33?,44-/m0/s1. The Balaban J connectivity index is 1.48. The van der Waals surface area contributed by atoms with Crippen molar-refractivity contribution in [2.45, 2.75) is 142 Å². The molecule has 59 heavy (non-hydrogen) atoms. The quantitative estimate of drug-likeness (QED) is 0.173. The van der Waals surface area contributed by atoms with Crippen LogP contribution in [0.4, 0.5) is 14.9 Å². The number of Topliss-reactive ketones (excluding diaryl/α,β-unsaturated/α-hetero) is 2. The van der Waals surface area contributed by atoms with Crippen LogP contribution in [0.3, 0.4) is 0 Å². The number of carbonyl (C=O) groups excluding carboxylic acids is 3. The molecule has 3 heterocycles. The molecule has 1 saturated heterocycles. The molecule has 13 nitrogen and oxygen atoms in total. The Morgan fingerprint density at radius 2 is 1.73 bits per heavy atom. The summed E-state index contributed by atoms with van der Waals surface area (Å²) in [5.74, 6) is -3.98. The van der Waals surface area contributed by atoms with Crippen molar-refractivity contribution in [2.75, 3.05) is 38.3 Å². The summed E-state index contributed by atoms with van der Waals surface area (Å²) in [5.41, 5.74) is 4.63. The number of nitrogens with zero attached hydrogens (tertiary/aromatic N) is 3. The number of nitrogens with two attached hydrogens (primary N) is 1. The van der Waals surface area contributed by atoms with Crippen molar-refractivity contribution in [1.82, 2.24) is 10.1 Å². The summed E-state index contributed by atoms with van der Waals surface area (Å²) in [6.07, 6.45) is 3.15. The average Bonchev–Trinajstić information content (AvgIpc) is 3.74. The zero-order valence-corrected chi connectivity index (χ0v) is 37.7. The van der Waals surface area contributed by atoms with Crippen molar-refractivity contribution >= 4 is 31.7 Å². The summed E-state index contributed by atoms with van der Waals surface area (Å²) < 4.78 is 49.1. The van der Waals surface area contributed by atoms with Crippen molar-refractivity contribution in [3.05, 3.63) is 45.2 Å². The zero-order chi connectivity index (χ0) is 43.1. The largest absolute Gasteiger partial charge is 0.508 e. The molecule has 1 aromatic carbocycles. The van der Waals surface area contributed by atoms with E-state index >= 15 is 14.0 Å². The third kappa shape index (κ3) is 6.91. The highest BCUT2D eigenvalue weighted by atomic mass is 28.4. The number of rotatable bonds is 10. The van der Waals surface area contributed by atoms with E-state index in [0.29, 0.717) is 24.9 Å². The fourth-order valence-corrected chi connectivity index (χ4v) is 11.0. The Morgan fingerprint density at radius 3 is 2.36 bits per heavy atom. The lowest BCUT2D eigenvalue weighted by molar-refractivity contribution is -0.0273. The minimum absolute atomic E-state index is 0.00948. The number of aliphatic hydroxyl groups excluding tert-OH is 1. The van der Waals surface area contributed by atoms with Gasteiger partial charge in [0.2, 0.25) is 5.78 Å². The van der Waals surface area contributed by atoms with Gasteiger partial charge in [-0.2, -0.15) is 0 Å². The van der Waals surface area contributed by atoms with Crippen LogP contribution in [-0.2, 0) is 15.6 Å². The fourth-order valence-electron chi connectivity index (χ4n) is 9.59. The summed E-state index contributed by atoms with van der Waals surface area (Å²) in [6.45, 7) is 20.8. The highest BCUT2D eigenvalue weighted by Gasteiger charge is 2.67. The second-order valence-corrected chi connectivity index (χ2v) is 24.5. The number of hydrogen-bond acceptors (Lipinski definition) is 12. The van der Waals surface area contributed by atoms with Crippen LogP contribution in [-0.4, -0.2) is 85.7 Å². The highest BCUT2D eigenvalue weighted by molar-refractivity contribution is 6.74. The molecule has 3 aliphatic carbocycles. The minimum atomic E-state index is -2.97. The molecule has 6 atom stereocenters. The maximum Gasteiger partial charge on any atom is 0.414 e. The number of anilines is 1. The molecule has 2 unspecified atom stereocenters. The van der Waals surface area contributed by atoms with E-state index < -0.39 is 71.7 Å². The van der Waals surface area contributed by atoms with Gasteiger partial charge in [0.05, 0.1) is 30.5 Å². The summed E-state index contributed by atoms with van der Waals surface area (Å²) in [6, 6.07) is -1.36. The maximum atomic E-state index is 17.8. The molecule has 2 aromatic rings. The molecule has 1 fully saturated rings. The van der Waals surface area contributed by atoms with Gasteiger partial charge in [0, 0.05) is 35.2 Å². The Hall–Kier alpha value is -3.79. The number of ketones is 2. The first-order chi connectivity index (χ1) is 27.6. The molecule has 3 N–H and O–H groups in total. The van der Waals surface area contributed by atoms with Gasteiger partial charge in [0.25, 0.3) is 5.88 Å². The topological polar surface area (TPSA) is 167 Å². The second kappa shape index (κ2) is 15.3. The molecule has 0 saturated carbocycles. The lowest BCUT2D eigenvalue weighted by Gasteiger charge is -2.54. The Kier molecular flexibility index (Phi) is 11.2. The van der Waals surface area contributed by atoms with Crippen LogP contribution in [0, 0.1) is 23.6 Å². The number of aliphatic hydroxyl groups is 1. The molecule has 324 valence electrons. The van der Waals surface area contributed by atoms with Gasteiger partial charge in [-0.05, 0) is 102 Å². The number of fused-ring (bicyclic) bond motifs is 7. The number of likely N-dealkylation sites (tertiary alicyclic amines) is 1. The van der Waals surface area contributed by atoms with Crippen molar-refractivity contribution < 1.29 is 47.0 Å². The first-order valence-electron chi connectivity index (χ1n) is 21.4. The van der Waals surface area contributed by atoms with Crippen molar-refractivity contribution in [1.29, 1.82) is 0 Å². The molecule has 0 spiro atoms. The SMILES string of the molecule is CCCCOc1noc2c1C(=O)[C@@]1(O[Si](C)(C)C(C)(C)C)C(O)=C3C(=O)c4c(c(F)c5c(c4OCCCC)N(C(=O)OC(C)(C)C)CC4CCN(C)C54)C[C@H]3C[C@H]1[C@@H]2N. The first kappa shape index (κ1) is 43.3. The van der Waals surface area contributed by atoms with Gasteiger partial charge in [-0.3, -0.25) is 19.4 Å². The highest BCUT2D eigenvalue weighted by Crippen LogP contribution is 2.60. The number of ether oxygens (including phenoxy) is 3. The van der Waals surface area contributed by atoms with Gasteiger partial charge in [-0.15, -0.1) is 0 Å². The molecular weight excluding hydrogens is 776 g/mol. The zero-order valence-electron chi connectivity index (χ0n) is 36.7. The first-order valence-corrected chi connectivity index (χ1v) is 24.3. The van der Waals surface area contributed by atoms with Crippen LogP contribution < -0.4 is 20.1 Å². The van der Waals surface area contributed by atoms with Gasteiger partial charge >= 0.3 is 6.09 Å². The van der Waals surface area contributed by atoms with Gasteiger partial charge in [-0.1, -0.05) is 47.5 Å². The van der Waals surface area contributed by atoms with E-state index in [1.54, 1.807) is 20.8 Å². The Labute approximate surface area is 348 Å². The lowest BCUT2D eigenvalue weighted by Crippen LogP contribution is -2.64. The van der Waals surface area contributed by atoms with Crippen molar-refractivity contribution in [2.24, 2.45) is 23.5 Å². The fraction of sp³-hybridized carbons (Fsp3) is 0.682. The predicted octanol–water partition coefficient (Wildman–Crippen LogP) is 8.76. The van der Waals surface area contributed by atoms with Crippen LogP contribution in [0.25, 0.3) is 0 Å². The average molecular weight is 839 g/mol. The van der Waals surface area contributed by atoms with E-state index in [1.807, 2.05) is 54.8 Å². The van der Waals surface area contributed by atoms with E-state index in [1.165, 1.54) is 4.90 Å². The molecule has 2 aliphatic heterocycles. The van der Waals surface area contributed by atoms with E-state index in [4.69, 9.17) is 28.9 Å². The summed E-state index contributed by atoms with van der Waals surface area (Å²) in [7, 11) is -1.02.